The predicted octanol–water partition coefficient (Wildman–Crippen LogP) is 4.29. The van der Waals surface area contributed by atoms with Gasteiger partial charge in [-0.1, -0.05) is 30.3 Å². The summed E-state index contributed by atoms with van der Waals surface area (Å²) in [6.07, 6.45) is 0. The Hall–Kier alpha value is -1.57. The van der Waals surface area contributed by atoms with Crippen LogP contribution in [0.3, 0.4) is 0 Å². The second-order valence-electron chi connectivity index (χ2n) is 6.22. The van der Waals surface area contributed by atoms with Crippen LogP contribution in [0, 0.1) is 0 Å². The molecule has 2 heterocycles. The third kappa shape index (κ3) is 4.31. The van der Waals surface area contributed by atoms with Crippen molar-refractivity contribution in [3.8, 4) is 5.75 Å². The van der Waals surface area contributed by atoms with Crippen LogP contribution in [0.15, 0.2) is 54.6 Å². The van der Waals surface area contributed by atoms with Crippen molar-refractivity contribution in [2.75, 3.05) is 23.1 Å². The summed E-state index contributed by atoms with van der Waals surface area (Å²) in [5.74, 6) is 3.44. The number of nitrogens with zero attached hydrogens (tertiary/aromatic N) is 1. The van der Waals surface area contributed by atoms with Gasteiger partial charge in [-0.15, -0.1) is 35.3 Å². The van der Waals surface area contributed by atoms with E-state index >= 15 is 0 Å². The molecule has 2 aliphatic heterocycles. The van der Waals surface area contributed by atoms with Crippen molar-refractivity contribution < 1.29 is 14.3 Å². The molecule has 4 rings (SSSR count). The van der Waals surface area contributed by atoms with E-state index in [4.69, 9.17) is 4.74 Å². The van der Waals surface area contributed by atoms with E-state index in [0.717, 1.165) is 0 Å². The van der Waals surface area contributed by atoms with Crippen LogP contribution in [0.4, 0.5) is 0 Å². The van der Waals surface area contributed by atoms with Crippen LogP contribution in [0.25, 0.3) is 0 Å². The van der Waals surface area contributed by atoms with Gasteiger partial charge in [0.15, 0.2) is 0 Å². The van der Waals surface area contributed by atoms with E-state index in [9.17, 15) is 9.59 Å². The van der Waals surface area contributed by atoms with E-state index in [-0.39, 0.29) is 11.9 Å². The third-order valence-corrected chi connectivity index (χ3v) is 8.55. The van der Waals surface area contributed by atoms with Crippen molar-refractivity contribution >= 4 is 47.2 Å². The maximum atomic E-state index is 12.7. The largest absolute Gasteiger partial charge is 0.425 e. The minimum atomic E-state index is -0.552. The number of carbonyl (C=O) groups is 2. The minimum Gasteiger partial charge on any atom is -0.425 e. The second kappa shape index (κ2) is 8.63. The summed E-state index contributed by atoms with van der Waals surface area (Å²) in [6.45, 7) is 0. The molecule has 0 unspecified atom stereocenters. The molecule has 4 nitrogen and oxygen atoms in total. The van der Waals surface area contributed by atoms with E-state index in [1.54, 1.807) is 28.8 Å². The van der Waals surface area contributed by atoms with E-state index < -0.39 is 6.04 Å². The van der Waals surface area contributed by atoms with Crippen LogP contribution in [0.2, 0.25) is 0 Å². The fourth-order valence-electron chi connectivity index (χ4n) is 3.01. The van der Waals surface area contributed by atoms with Gasteiger partial charge in [0.2, 0.25) is 0 Å². The Balaban J connectivity index is 1.42. The first-order chi connectivity index (χ1) is 13.2. The smallest absolute Gasteiger partial charge is 0.335 e. The lowest BCUT2D eigenvalue weighted by Crippen LogP contribution is -2.43. The Morgan fingerprint density at radius 1 is 0.963 bits per heavy atom. The van der Waals surface area contributed by atoms with Gasteiger partial charge in [0.1, 0.15) is 11.8 Å². The van der Waals surface area contributed by atoms with E-state index in [1.807, 2.05) is 66.0 Å². The molecule has 1 atom stereocenters. The van der Waals surface area contributed by atoms with Gasteiger partial charge >= 0.3 is 5.97 Å². The van der Waals surface area contributed by atoms with Crippen molar-refractivity contribution in [1.82, 2.24) is 4.90 Å². The zero-order chi connectivity index (χ0) is 18.6. The van der Waals surface area contributed by atoms with E-state index in [1.165, 1.54) is 17.1 Å². The molecular formula is C20H19NO3S3. The zero-order valence-corrected chi connectivity index (χ0v) is 17.0. The molecule has 7 heteroatoms. The summed E-state index contributed by atoms with van der Waals surface area (Å²) in [6, 6.07) is 16.2. The van der Waals surface area contributed by atoms with Gasteiger partial charge in [0.25, 0.3) is 5.91 Å². The van der Waals surface area contributed by atoms with Gasteiger partial charge in [0, 0.05) is 22.8 Å². The number of amides is 1. The first-order valence-corrected chi connectivity index (χ1v) is 12.0. The molecular weight excluding hydrogens is 398 g/mol. The fraction of sp³-hybridized carbons (Fsp3) is 0.300. The lowest BCUT2D eigenvalue weighted by Gasteiger charge is -2.22. The number of carbonyl (C=O) groups excluding carboxylic acids is 2. The lowest BCUT2D eigenvalue weighted by molar-refractivity contribution is -0.138. The first-order valence-electron chi connectivity index (χ1n) is 8.71. The average molecular weight is 418 g/mol. The number of thioether (sulfide) groups is 3. The predicted molar refractivity (Wildman–Crippen MR) is 113 cm³/mol. The van der Waals surface area contributed by atoms with Crippen LogP contribution in [-0.2, 0) is 4.79 Å². The van der Waals surface area contributed by atoms with Gasteiger partial charge in [-0.2, -0.15) is 0 Å². The van der Waals surface area contributed by atoms with Crippen LogP contribution in [-0.4, -0.2) is 46.0 Å². The summed E-state index contributed by atoms with van der Waals surface area (Å²) < 4.78 is 6.04. The molecule has 27 heavy (non-hydrogen) atoms. The molecule has 2 aromatic carbocycles. The molecule has 0 N–H and O–H groups in total. The average Bonchev–Trinajstić information content (AvgIpc) is 3.41. The Kier molecular flexibility index (Phi) is 6.00. The summed E-state index contributed by atoms with van der Waals surface area (Å²) in [5.41, 5.74) is 1.84. The number of esters is 1. The fourth-order valence-corrected chi connectivity index (χ4v) is 7.01. The second-order valence-corrected chi connectivity index (χ2v) is 9.94. The molecule has 2 aromatic rings. The molecule has 2 saturated heterocycles. The van der Waals surface area contributed by atoms with E-state index in [0.29, 0.717) is 27.5 Å². The number of hydrogen-bond acceptors (Lipinski definition) is 6. The number of ether oxygens (including phenoxy) is 1. The number of rotatable bonds is 4. The van der Waals surface area contributed by atoms with Crippen molar-refractivity contribution in [3.05, 3.63) is 65.7 Å². The highest BCUT2D eigenvalue weighted by Gasteiger charge is 2.36. The first kappa shape index (κ1) is 18.8. The van der Waals surface area contributed by atoms with Crippen molar-refractivity contribution in [3.63, 3.8) is 0 Å². The summed E-state index contributed by atoms with van der Waals surface area (Å²) in [5, 5.41) is 0. The molecule has 0 aliphatic carbocycles. The minimum absolute atomic E-state index is 0.131. The van der Waals surface area contributed by atoms with Gasteiger partial charge < -0.3 is 9.64 Å². The molecule has 2 fully saturated rings. The van der Waals surface area contributed by atoms with E-state index in [2.05, 4.69) is 0 Å². The summed E-state index contributed by atoms with van der Waals surface area (Å²) in [4.78, 5) is 27.0. The van der Waals surface area contributed by atoms with Crippen LogP contribution < -0.4 is 4.74 Å². The molecule has 0 saturated carbocycles. The van der Waals surface area contributed by atoms with Crippen molar-refractivity contribution in [2.24, 2.45) is 0 Å². The highest BCUT2D eigenvalue weighted by molar-refractivity contribution is 8.19. The maximum Gasteiger partial charge on any atom is 0.335 e. The lowest BCUT2D eigenvalue weighted by atomic mass is 10.2. The molecule has 2 aliphatic rings. The standard InChI is InChI=1S/C20H19NO3S3/c22-18(14-4-2-1-3-5-14)21-13-25-12-17(21)19(23)24-16-8-6-15(7-9-16)20-26-10-11-27-20/h1-9,17,20H,10-13H2/t17-/m0/s1. The number of benzene rings is 2. The van der Waals surface area contributed by atoms with Gasteiger partial charge in [-0.3, -0.25) is 4.79 Å². The molecule has 0 spiro atoms. The Morgan fingerprint density at radius 3 is 2.37 bits per heavy atom. The summed E-state index contributed by atoms with van der Waals surface area (Å²) in [7, 11) is 0. The number of hydrogen-bond donors (Lipinski definition) is 0. The van der Waals surface area contributed by atoms with Gasteiger partial charge in [0.05, 0.1) is 10.5 Å². The zero-order valence-electron chi connectivity index (χ0n) is 14.6. The quantitative estimate of drug-likeness (QED) is 0.546. The molecule has 0 aromatic heterocycles. The third-order valence-electron chi connectivity index (χ3n) is 4.43. The Labute approximate surface area is 171 Å². The topological polar surface area (TPSA) is 46.6 Å². The Bertz CT molecular complexity index is 807. The van der Waals surface area contributed by atoms with Crippen molar-refractivity contribution in [2.45, 2.75) is 10.6 Å². The normalized spacial score (nSPS) is 20.0. The molecule has 0 radical (unpaired) electrons. The SMILES string of the molecule is O=C(Oc1ccc(C2SCCS2)cc1)[C@@H]1CSCN1C(=O)c1ccccc1. The highest BCUT2D eigenvalue weighted by Crippen LogP contribution is 2.45. The Morgan fingerprint density at radius 2 is 1.67 bits per heavy atom. The summed E-state index contributed by atoms with van der Waals surface area (Å²) >= 11 is 5.46. The van der Waals surface area contributed by atoms with Crippen molar-refractivity contribution in [1.29, 1.82) is 0 Å². The van der Waals surface area contributed by atoms with Gasteiger partial charge in [-0.05, 0) is 29.8 Å². The van der Waals surface area contributed by atoms with Crippen LogP contribution in [0.5, 0.6) is 5.75 Å². The van der Waals surface area contributed by atoms with Crippen LogP contribution in [0.1, 0.15) is 20.5 Å². The monoisotopic (exact) mass is 417 g/mol. The highest BCUT2D eigenvalue weighted by atomic mass is 32.2. The maximum absolute atomic E-state index is 12.7. The van der Waals surface area contributed by atoms with Crippen LogP contribution >= 0.6 is 35.3 Å². The molecule has 140 valence electrons. The molecule has 0 bridgehead atoms. The molecule has 1 amide bonds. The van der Waals surface area contributed by atoms with Gasteiger partial charge in [-0.25, -0.2) is 4.79 Å².